The minimum atomic E-state index is -0.458. The Morgan fingerprint density at radius 2 is 1.74 bits per heavy atom. The van der Waals surface area contributed by atoms with E-state index in [-0.39, 0.29) is 23.3 Å². The first-order valence-corrected chi connectivity index (χ1v) is 12.8. The molecule has 2 aromatic rings. The maximum Gasteiger partial charge on any atom is 0.337 e. The van der Waals surface area contributed by atoms with Gasteiger partial charge in [0.15, 0.2) is 10.4 Å². The lowest BCUT2D eigenvalue weighted by Gasteiger charge is -2.61. The van der Waals surface area contributed by atoms with Crippen LogP contribution >= 0.6 is 22.6 Å². The number of hydrogen-bond donors (Lipinski definition) is 1. The predicted molar refractivity (Wildman–Crippen MR) is 136 cm³/mol. The summed E-state index contributed by atoms with van der Waals surface area (Å²) in [6.07, 6.45) is 6.69. The topological polar surface area (TPSA) is 81.7 Å². The Hall–Kier alpha value is -2.42. The van der Waals surface area contributed by atoms with Crippen LogP contribution in [0.3, 0.4) is 0 Å². The SMILES string of the molecule is COC(=O)c1cccc(NC(=O)COc2ccc(C34CC5CC(CC(C(=O)I)(C5)C3)C4)cc2)c1. The summed E-state index contributed by atoms with van der Waals surface area (Å²) in [6.45, 7) is -0.135. The first kappa shape index (κ1) is 23.3. The van der Waals surface area contributed by atoms with Crippen molar-refractivity contribution in [3.8, 4) is 5.75 Å². The summed E-state index contributed by atoms with van der Waals surface area (Å²) < 4.78 is 10.8. The number of esters is 1. The molecule has 4 saturated carbocycles. The van der Waals surface area contributed by atoms with Gasteiger partial charge in [-0.1, -0.05) is 18.2 Å². The van der Waals surface area contributed by atoms with E-state index in [2.05, 4.69) is 17.4 Å². The molecule has 0 aliphatic heterocycles. The van der Waals surface area contributed by atoms with E-state index in [1.807, 2.05) is 34.7 Å². The third-order valence-corrected chi connectivity index (χ3v) is 9.03. The molecule has 34 heavy (non-hydrogen) atoms. The van der Waals surface area contributed by atoms with Crippen LogP contribution in [0.1, 0.15) is 54.4 Å². The van der Waals surface area contributed by atoms with Crippen LogP contribution in [-0.4, -0.2) is 29.4 Å². The highest BCUT2D eigenvalue weighted by Crippen LogP contribution is 2.66. The van der Waals surface area contributed by atoms with Crippen LogP contribution < -0.4 is 10.1 Å². The average Bonchev–Trinajstić information content (AvgIpc) is 2.82. The van der Waals surface area contributed by atoms with E-state index in [1.165, 1.54) is 31.9 Å². The van der Waals surface area contributed by atoms with E-state index < -0.39 is 5.97 Å². The molecule has 4 bridgehead atoms. The summed E-state index contributed by atoms with van der Waals surface area (Å²) in [7, 11) is 1.32. The number of ether oxygens (including phenoxy) is 2. The van der Waals surface area contributed by atoms with Crippen LogP contribution in [0, 0.1) is 17.3 Å². The molecule has 2 atom stereocenters. The maximum absolute atomic E-state index is 12.6. The zero-order chi connectivity index (χ0) is 23.9. The number of carbonyl (C=O) groups is 3. The lowest BCUT2D eigenvalue weighted by molar-refractivity contribution is -0.135. The number of benzene rings is 2. The summed E-state index contributed by atoms with van der Waals surface area (Å²) in [6, 6.07) is 14.7. The molecule has 4 fully saturated rings. The monoisotopic (exact) mass is 573 g/mol. The molecule has 178 valence electrons. The number of halogens is 1. The predicted octanol–water partition coefficient (Wildman–Crippen LogP) is 5.29. The van der Waals surface area contributed by atoms with Gasteiger partial charge in [-0.05, 0) is 91.7 Å². The highest BCUT2D eigenvalue weighted by molar-refractivity contribution is 14.1. The number of amides is 1. The molecule has 4 aliphatic rings. The standard InChI is InChI=1S/C27H28INO5/c1-33-24(31)19-3-2-4-21(10-19)29-23(30)15-34-22-7-5-20(6-8-22)26-11-17-9-18(12-26)14-27(13-17,16-26)25(28)32/h2-8,10,17-18H,9,11-16H2,1H3,(H,29,30). The van der Waals surface area contributed by atoms with Gasteiger partial charge >= 0.3 is 5.97 Å². The van der Waals surface area contributed by atoms with Gasteiger partial charge in [0, 0.05) is 33.7 Å². The second-order valence-corrected chi connectivity index (χ2v) is 11.2. The lowest BCUT2D eigenvalue weighted by atomic mass is 9.43. The summed E-state index contributed by atoms with van der Waals surface area (Å²) >= 11 is 2.03. The molecule has 2 unspecified atom stereocenters. The molecule has 4 aliphatic carbocycles. The van der Waals surface area contributed by atoms with Gasteiger partial charge in [0.2, 0.25) is 0 Å². The lowest BCUT2D eigenvalue weighted by Crippen LogP contribution is -2.55. The number of carbonyl (C=O) groups excluding carboxylic acids is 3. The van der Waals surface area contributed by atoms with Crippen molar-refractivity contribution in [3.63, 3.8) is 0 Å². The minimum absolute atomic E-state index is 0.0888. The number of nitrogens with one attached hydrogen (secondary N) is 1. The Bertz CT molecular complexity index is 1110. The van der Waals surface area contributed by atoms with Crippen molar-refractivity contribution in [2.75, 3.05) is 19.0 Å². The molecule has 0 saturated heterocycles. The van der Waals surface area contributed by atoms with Crippen molar-refractivity contribution < 1.29 is 23.9 Å². The molecule has 0 spiro atoms. The molecule has 7 heteroatoms. The molecular weight excluding hydrogens is 545 g/mol. The first-order valence-electron chi connectivity index (χ1n) is 11.7. The number of methoxy groups -OCH3 is 1. The Labute approximate surface area is 212 Å². The molecule has 0 radical (unpaired) electrons. The van der Waals surface area contributed by atoms with Gasteiger partial charge < -0.3 is 14.8 Å². The highest BCUT2D eigenvalue weighted by Gasteiger charge is 2.60. The Morgan fingerprint density at radius 1 is 1.03 bits per heavy atom. The Morgan fingerprint density at radius 3 is 2.38 bits per heavy atom. The second-order valence-electron chi connectivity index (χ2n) is 10.2. The van der Waals surface area contributed by atoms with E-state index in [9.17, 15) is 14.4 Å². The second kappa shape index (κ2) is 8.98. The van der Waals surface area contributed by atoms with Gasteiger partial charge in [0.05, 0.1) is 12.7 Å². The van der Waals surface area contributed by atoms with E-state index in [0.717, 1.165) is 19.3 Å². The zero-order valence-electron chi connectivity index (χ0n) is 19.1. The maximum atomic E-state index is 12.6. The van der Waals surface area contributed by atoms with Crippen molar-refractivity contribution in [3.05, 3.63) is 59.7 Å². The van der Waals surface area contributed by atoms with Gasteiger partial charge in [-0.15, -0.1) is 0 Å². The fraction of sp³-hybridized carbons (Fsp3) is 0.444. The Kier molecular flexibility index (Phi) is 6.16. The molecule has 6 nitrogen and oxygen atoms in total. The first-order chi connectivity index (χ1) is 16.3. The van der Waals surface area contributed by atoms with Crippen LogP contribution in [0.4, 0.5) is 5.69 Å². The molecule has 0 aromatic heterocycles. The molecule has 1 amide bonds. The van der Waals surface area contributed by atoms with Crippen molar-refractivity contribution in [1.29, 1.82) is 0 Å². The van der Waals surface area contributed by atoms with Gasteiger partial charge in [-0.2, -0.15) is 0 Å². The van der Waals surface area contributed by atoms with E-state index >= 15 is 0 Å². The molecule has 6 rings (SSSR count). The van der Waals surface area contributed by atoms with Crippen LogP contribution in [0.25, 0.3) is 0 Å². The van der Waals surface area contributed by atoms with Crippen molar-refractivity contribution in [2.45, 2.75) is 43.9 Å². The van der Waals surface area contributed by atoms with Crippen molar-refractivity contribution >= 4 is 43.9 Å². The van der Waals surface area contributed by atoms with Crippen LogP contribution in [-0.2, 0) is 19.7 Å². The third-order valence-electron chi connectivity index (χ3n) is 7.88. The summed E-state index contributed by atoms with van der Waals surface area (Å²) in [5.74, 6) is 1.16. The summed E-state index contributed by atoms with van der Waals surface area (Å²) in [5.41, 5.74) is 2.12. The molecule has 2 aromatic carbocycles. The number of hydrogen-bond acceptors (Lipinski definition) is 5. The number of rotatable bonds is 7. The van der Waals surface area contributed by atoms with Gasteiger partial charge in [-0.3, -0.25) is 9.59 Å². The smallest absolute Gasteiger partial charge is 0.337 e. The van der Waals surface area contributed by atoms with Crippen molar-refractivity contribution in [2.24, 2.45) is 17.3 Å². The van der Waals surface area contributed by atoms with Crippen LogP contribution in [0.5, 0.6) is 5.75 Å². The normalized spacial score (nSPS) is 28.9. The minimum Gasteiger partial charge on any atom is -0.484 e. The molecular formula is C27H28INO5. The molecule has 0 heterocycles. The fourth-order valence-corrected chi connectivity index (χ4v) is 7.55. The van der Waals surface area contributed by atoms with Gasteiger partial charge in [-0.25, -0.2) is 4.79 Å². The Balaban J connectivity index is 1.22. The third kappa shape index (κ3) is 4.34. The average molecular weight is 573 g/mol. The number of anilines is 1. The highest BCUT2D eigenvalue weighted by atomic mass is 127. The largest absolute Gasteiger partial charge is 0.484 e. The summed E-state index contributed by atoms with van der Waals surface area (Å²) in [4.78, 5) is 36.6. The van der Waals surface area contributed by atoms with Crippen LogP contribution in [0.15, 0.2) is 48.5 Å². The molecule has 1 N–H and O–H groups in total. The zero-order valence-corrected chi connectivity index (χ0v) is 21.3. The van der Waals surface area contributed by atoms with Crippen LogP contribution in [0.2, 0.25) is 0 Å². The quantitative estimate of drug-likeness (QED) is 0.277. The van der Waals surface area contributed by atoms with E-state index in [4.69, 9.17) is 9.47 Å². The van der Waals surface area contributed by atoms with Crippen molar-refractivity contribution in [1.82, 2.24) is 0 Å². The van der Waals surface area contributed by atoms with E-state index in [0.29, 0.717) is 32.6 Å². The fourth-order valence-electron chi connectivity index (χ4n) is 6.92. The van der Waals surface area contributed by atoms with E-state index in [1.54, 1.807) is 24.3 Å². The van der Waals surface area contributed by atoms with Gasteiger partial charge in [0.1, 0.15) is 5.75 Å². The van der Waals surface area contributed by atoms with Gasteiger partial charge in [0.25, 0.3) is 5.91 Å². The summed E-state index contributed by atoms with van der Waals surface area (Å²) in [5, 5.41) is 2.74.